The molecule has 1 aromatic rings. The van der Waals surface area contributed by atoms with Gasteiger partial charge in [-0.3, -0.25) is 4.68 Å². The zero-order chi connectivity index (χ0) is 12.6. The average molecular weight is 269 g/mol. The number of rotatable bonds is 2. The van der Waals surface area contributed by atoms with Crippen molar-refractivity contribution in [3.05, 3.63) is 11.9 Å². The van der Waals surface area contributed by atoms with Crippen molar-refractivity contribution in [3.8, 4) is 0 Å². The van der Waals surface area contributed by atoms with E-state index in [-0.39, 0.29) is 0 Å². The molecule has 100 valence electrons. The molecule has 1 aromatic heterocycles. The lowest BCUT2D eigenvalue weighted by Gasteiger charge is -2.26. The van der Waals surface area contributed by atoms with Crippen LogP contribution in [0.5, 0.6) is 0 Å². The summed E-state index contributed by atoms with van der Waals surface area (Å²) < 4.78 is 28.7. The first-order valence-electron chi connectivity index (χ1n) is 6.74. The monoisotopic (exact) mass is 269 g/mol. The molecule has 0 bridgehead atoms. The lowest BCUT2D eigenvalue weighted by Crippen LogP contribution is -2.36. The summed E-state index contributed by atoms with van der Waals surface area (Å²) in [5.41, 5.74) is 0.909. The SMILES string of the molecule is O=S(=O)(c1cnn2c1CCCC2)N1CCCCC1. The molecule has 3 rings (SSSR count). The molecule has 0 unspecified atom stereocenters. The fraction of sp³-hybridized carbons (Fsp3) is 0.750. The third-order valence-electron chi connectivity index (χ3n) is 3.88. The van der Waals surface area contributed by atoms with E-state index < -0.39 is 10.0 Å². The Kier molecular flexibility index (Phi) is 3.15. The second-order valence-electron chi connectivity index (χ2n) is 5.10. The van der Waals surface area contributed by atoms with Gasteiger partial charge in [0.05, 0.1) is 11.9 Å². The maximum atomic E-state index is 12.6. The van der Waals surface area contributed by atoms with Crippen molar-refractivity contribution in [3.63, 3.8) is 0 Å². The molecule has 18 heavy (non-hydrogen) atoms. The van der Waals surface area contributed by atoms with Gasteiger partial charge in [-0.1, -0.05) is 6.42 Å². The van der Waals surface area contributed by atoms with Gasteiger partial charge in [-0.05, 0) is 32.1 Å². The zero-order valence-electron chi connectivity index (χ0n) is 10.5. The Morgan fingerprint density at radius 1 is 1.00 bits per heavy atom. The summed E-state index contributed by atoms with van der Waals surface area (Å²) in [6, 6.07) is 0. The molecule has 5 nitrogen and oxygen atoms in total. The van der Waals surface area contributed by atoms with E-state index in [1.54, 1.807) is 10.5 Å². The molecule has 0 atom stereocenters. The number of aryl methyl sites for hydroxylation is 1. The van der Waals surface area contributed by atoms with Crippen LogP contribution >= 0.6 is 0 Å². The maximum Gasteiger partial charge on any atom is 0.246 e. The highest BCUT2D eigenvalue weighted by Crippen LogP contribution is 2.26. The van der Waals surface area contributed by atoms with Gasteiger partial charge in [0.2, 0.25) is 10.0 Å². The standard InChI is InChI=1S/C12H19N3O2S/c16-18(17,14-7-3-1-4-8-14)12-10-13-15-9-5-2-6-11(12)15/h10H,1-9H2. The number of sulfonamides is 1. The Morgan fingerprint density at radius 3 is 2.50 bits per heavy atom. The van der Waals surface area contributed by atoms with Crippen molar-refractivity contribution in [2.24, 2.45) is 0 Å². The molecule has 3 heterocycles. The van der Waals surface area contributed by atoms with E-state index in [2.05, 4.69) is 5.10 Å². The van der Waals surface area contributed by atoms with Crippen molar-refractivity contribution in [1.29, 1.82) is 0 Å². The molecule has 0 saturated carbocycles. The van der Waals surface area contributed by atoms with Gasteiger partial charge in [-0.15, -0.1) is 0 Å². The van der Waals surface area contributed by atoms with Crippen LogP contribution < -0.4 is 0 Å². The Labute approximate surface area is 108 Å². The van der Waals surface area contributed by atoms with Gasteiger partial charge < -0.3 is 0 Å². The van der Waals surface area contributed by atoms with Crippen LogP contribution in [0.3, 0.4) is 0 Å². The molecule has 0 N–H and O–H groups in total. The molecule has 2 aliphatic rings. The van der Waals surface area contributed by atoms with Crippen molar-refractivity contribution < 1.29 is 8.42 Å². The van der Waals surface area contributed by atoms with Crippen molar-refractivity contribution >= 4 is 10.0 Å². The highest BCUT2D eigenvalue weighted by molar-refractivity contribution is 7.89. The third kappa shape index (κ3) is 1.97. The quantitative estimate of drug-likeness (QED) is 0.815. The second kappa shape index (κ2) is 4.66. The first-order chi connectivity index (χ1) is 8.69. The van der Waals surface area contributed by atoms with E-state index in [1.807, 2.05) is 4.68 Å². The predicted octanol–water partition coefficient (Wildman–Crippen LogP) is 1.39. The molecule has 1 saturated heterocycles. The van der Waals surface area contributed by atoms with Gasteiger partial charge in [-0.2, -0.15) is 9.40 Å². The minimum atomic E-state index is -3.31. The van der Waals surface area contributed by atoms with Gasteiger partial charge >= 0.3 is 0 Å². The molecule has 2 aliphatic heterocycles. The normalized spacial score (nSPS) is 21.8. The first kappa shape index (κ1) is 12.2. The molecule has 0 spiro atoms. The largest absolute Gasteiger partial charge is 0.268 e. The number of aromatic nitrogens is 2. The molecule has 0 aliphatic carbocycles. The zero-order valence-corrected chi connectivity index (χ0v) is 11.3. The van der Waals surface area contributed by atoms with Crippen LogP contribution in [0.25, 0.3) is 0 Å². The summed E-state index contributed by atoms with van der Waals surface area (Å²) >= 11 is 0. The lowest BCUT2D eigenvalue weighted by atomic mass is 10.1. The van der Waals surface area contributed by atoms with Crippen LogP contribution in [0.4, 0.5) is 0 Å². The minimum Gasteiger partial charge on any atom is -0.268 e. The summed E-state index contributed by atoms with van der Waals surface area (Å²) in [5.74, 6) is 0. The molecule has 0 aromatic carbocycles. The highest BCUT2D eigenvalue weighted by Gasteiger charge is 2.31. The summed E-state index contributed by atoms with van der Waals surface area (Å²) in [7, 11) is -3.31. The highest BCUT2D eigenvalue weighted by atomic mass is 32.2. The smallest absolute Gasteiger partial charge is 0.246 e. The number of piperidine rings is 1. The fourth-order valence-electron chi connectivity index (χ4n) is 2.85. The Bertz CT molecular complexity index is 530. The van der Waals surface area contributed by atoms with E-state index >= 15 is 0 Å². The number of hydrogen-bond donors (Lipinski definition) is 0. The summed E-state index contributed by atoms with van der Waals surface area (Å²) in [6.07, 6.45) is 7.63. The Morgan fingerprint density at radius 2 is 1.72 bits per heavy atom. The summed E-state index contributed by atoms with van der Waals surface area (Å²) in [6.45, 7) is 2.17. The van der Waals surface area contributed by atoms with Gasteiger partial charge in [0.1, 0.15) is 4.90 Å². The molecule has 1 fully saturated rings. The Balaban J connectivity index is 1.95. The summed E-state index contributed by atoms with van der Waals surface area (Å²) in [4.78, 5) is 0.448. The molecular formula is C12H19N3O2S. The van der Waals surface area contributed by atoms with E-state index in [9.17, 15) is 8.42 Å². The summed E-state index contributed by atoms with van der Waals surface area (Å²) in [5, 5.41) is 4.23. The molecule has 0 amide bonds. The van der Waals surface area contributed by atoms with E-state index in [0.29, 0.717) is 18.0 Å². The van der Waals surface area contributed by atoms with Gasteiger partial charge in [0.15, 0.2) is 0 Å². The van der Waals surface area contributed by atoms with Crippen LogP contribution in [0.15, 0.2) is 11.1 Å². The third-order valence-corrected chi connectivity index (χ3v) is 5.82. The van der Waals surface area contributed by atoms with E-state index in [0.717, 1.165) is 50.8 Å². The van der Waals surface area contributed by atoms with Crippen molar-refractivity contribution in [2.75, 3.05) is 13.1 Å². The van der Waals surface area contributed by atoms with E-state index in [4.69, 9.17) is 0 Å². The van der Waals surface area contributed by atoms with Crippen LogP contribution in [-0.2, 0) is 23.0 Å². The number of hydrogen-bond acceptors (Lipinski definition) is 3. The van der Waals surface area contributed by atoms with Gasteiger partial charge in [0, 0.05) is 19.6 Å². The Hall–Kier alpha value is -0.880. The first-order valence-corrected chi connectivity index (χ1v) is 8.18. The minimum absolute atomic E-state index is 0.448. The lowest BCUT2D eigenvalue weighted by molar-refractivity contribution is 0.346. The maximum absolute atomic E-state index is 12.6. The second-order valence-corrected chi connectivity index (χ2v) is 7.01. The molecule has 0 radical (unpaired) electrons. The van der Waals surface area contributed by atoms with Crippen LogP contribution in [-0.4, -0.2) is 35.6 Å². The topological polar surface area (TPSA) is 55.2 Å². The fourth-order valence-corrected chi connectivity index (χ4v) is 4.55. The van der Waals surface area contributed by atoms with E-state index in [1.165, 1.54) is 0 Å². The predicted molar refractivity (Wildman–Crippen MR) is 67.8 cm³/mol. The molecular weight excluding hydrogens is 250 g/mol. The van der Waals surface area contributed by atoms with Gasteiger partial charge in [0.25, 0.3) is 0 Å². The number of fused-ring (bicyclic) bond motifs is 1. The van der Waals surface area contributed by atoms with Crippen LogP contribution in [0, 0.1) is 0 Å². The van der Waals surface area contributed by atoms with Crippen LogP contribution in [0.2, 0.25) is 0 Å². The van der Waals surface area contributed by atoms with Crippen LogP contribution in [0.1, 0.15) is 37.8 Å². The van der Waals surface area contributed by atoms with Gasteiger partial charge in [-0.25, -0.2) is 8.42 Å². The molecule has 6 heteroatoms. The average Bonchev–Trinajstić information content (AvgIpc) is 2.84. The number of nitrogens with zero attached hydrogens (tertiary/aromatic N) is 3. The van der Waals surface area contributed by atoms with Crippen molar-refractivity contribution in [1.82, 2.24) is 14.1 Å². The van der Waals surface area contributed by atoms with Crippen molar-refractivity contribution in [2.45, 2.75) is 50.0 Å².